The standard InChI is InChI=1S/C28H32N4O3/c1-4-19(2)30-27(34)22-13-15-24(16-14-22)32-26(33)18-29-25-12-8-11-23(17-25)28(35)31-20(3)21-9-6-5-7-10-21/h5-17,19-20,29H,4,18H2,1-3H3,(H,30,34)(H,31,35)(H,32,33). The Bertz CT molecular complexity index is 1150. The van der Waals surface area contributed by atoms with Crippen LogP contribution in [0.4, 0.5) is 11.4 Å². The van der Waals surface area contributed by atoms with Gasteiger partial charge in [-0.1, -0.05) is 43.3 Å². The summed E-state index contributed by atoms with van der Waals surface area (Å²) in [6.07, 6.45) is 0.854. The predicted octanol–water partition coefficient (Wildman–Crippen LogP) is 4.76. The molecule has 182 valence electrons. The summed E-state index contributed by atoms with van der Waals surface area (Å²) < 4.78 is 0. The first-order chi connectivity index (χ1) is 16.9. The predicted molar refractivity (Wildman–Crippen MR) is 140 cm³/mol. The fourth-order valence-corrected chi connectivity index (χ4v) is 3.38. The molecule has 7 nitrogen and oxygen atoms in total. The second-order valence-electron chi connectivity index (χ2n) is 8.45. The molecule has 0 aliphatic carbocycles. The van der Waals surface area contributed by atoms with E-state index >= 15 is 0 Å². The van der Waals surface area contributed by atoms with E-state index in [1.807, 2.05) is 51.1 Å². The van der Waals surface area contributed by atoms with Crippen molar-refractivity contribution < 1.29 is 14.4 Å². The highest BCUT2D eigenvalue weighted by Gasteiger charge is 2.12. The zero-order valence-electron chi connectivity index (χ0n) is 20.3. The van der Waals surface area contributed by atoms with Crippen molar-refractivity contribution in [3.05, 3.63) is 95.6 Å². The molecule has 4 N–H and O–H groups in total. The first-order valence-electron chi connectivity index (χ1n) is 11.8. The fourth-order valence-electron chi connectivity index (χ4n) is 3.38. The van der Waals surface area contributed by atoms with E-state index < -0.39 is 0 Å². The Morgan fingerprint density at radius 2 is 1.43 bits per heavy atom. The zero-order chi connectivity index (χ0) is 25.2. The first-order valence-corrected chi connectivity index (χ1v) is 11.8. The highest BCUT2D eigenvalue weighted by Crippen LogP contribution is 2.15. The van der Waals surface area contributed by atoms with E-state index in [2.05, 4.69) is 21.3 Å². The number of nitrogens with one attached hydrogen (secondary N) is 4. The topological polar surface area (TPSA) is 99.3 Å². The third kappa shape index (κ3) is 7.71. The Morgan fingerprint density at radius 3 is 2.11 bits per heavy atom. The lowest BCUT2D eigenvalue weighted by Crippen LogP contribution is -2.31. The second-order valence-corrected chi connectivity index (χ2v) is 8.45. The van der Waals surface area contributed by atoms with Crippen molar-refractivity contribution in [2.45, 2.75) is 39.3 Å². The van der Waals surface area contributed by atoms with Gasteiger partial charge in [0.25, 0.3) is 11.8 Å². The third-order valence-corrected chi connectivity index (χ3v) is 5.65. The molecule has 0 fully saturated rings. The number of hydrogen-bond donors (Lipinski definition) is 4. The summed E-state index contributed by atoms with van der Waals surface area (Å²) in [5.74, 6) is -0.567. The van der Waals surface area contributed by atoms with Gasteiger partial charge in [-0.05, 0) is 68.3 Å². The van der Waals surface area contributed by atoms with Crippen molar-refractivity contribution in [1.29, 1.82) is 0 Å². The van der Waals surface area contributed by atoms with Crippen molar-refractivity contribution in [2.24, 2.45) is 0 Å². The van der Waals surface area contributed by atoms with Crippen LogP contribution in [0.15, 0.2) is 78.9 Å². The van der Waals surface area contributed by atoms with Crippen molar-refractivity contribution in [3.63, 3.8) is 0 Å². The van der Waals surface area contributed by atoms with Gasteiger partial charge in [0.05, 0.1) is 12.6 Å². The molecule has 0 aliphatic heterocycles. The number of hydrogen-bond acceptors (Lipinski definition) is 4. The third-order valence-electron chi connectivity index (χ3n) is 5.65. The van der Waals surface area contributed by atoms with Crippen LogP contribution in [-0.4, -0.2) is 30.3 Å². The zero-order valence-corrected chi connectivity index (χ0v) is 20.3. The number of amides is 3. The highest BCUT2D eigenvalue weighted by molar-refractivity contribution is 5.97. The van der Waals surface area contributed by atoms with Gasteiger partial charge in [0.1, 0.15) is 0 Å². The largest absolute Gasteiger partial charge is 0.376 e. The maximum Gasteiger partial charge on any atom is 0.251 e. The molecule has 3 amide bonds. The van der Waals surface area contributed by atoms with Gasteiger partial charge in [0.2, 0.25) is 5.91 Å². The lowest BCUT2D eigenvalue weighted by atomic mass is 10.1. The van der Waals surface area contributed by atoms with Gasteiger partial charge in [0, 0.05) is 28.5 Å². The molecule has 0 saturated heterocycles. The Kier molecular flexibility index (Phi) is 9.01. The molecule has 0 aromatic heterocycles. The smallest absolute Gasteiger partial charge is 0.251 e. The van der Waals surface area contributed by atoms with Gasteiger partial charge in [-0.25, -0.2) is 0 Å². The molecule has 3 aromatic carbocycles. The maximum absolute atomic E-state index is 12.7. The molecule has 3 aromatic rings. The Labute approximate surface area is 206 Å². The van der Waals surface area contributed by atoms with E-state index in [0.29, 0.717) is 22.5 Å². The van der Waals surface area contributed by atoms with Crippen LogP contribution in [0.2, 0.25) is 0 Å². The van der Waals surface area contributed by atoms with Crippen LogP contribution in [0.1, 0.15) is 59.5 Å². The van der Waals surface area contributed by atoms with E-state index in [-0.39, 0.29) is 36.3 Å². The van der Waals surface area contributed by atoms with Gasteiger partial charge >= 0.3 is 0 Å². The lowest BCUT2D eigenvalue weighted by Gasteiger charge is -2.15. The molecule has 0 aliphatic rings. The average Bonchev–Trinajstić information content (AvgIpc) is 2.88. The Hall–Kier alpha value is -4.13. The van der Waals surface area contributed by atoms with Crippen LogP contribution < -0.4 is 21.3 Å². The molecule has 35 heavy (non-hydrogen) atoms. The van der Waals surface area contributed by atoms with E-state index in [1.54, 1.807) is 48.5 Å². The minimum atomic E-state index is -0.241. The van der Waals surface area contributed by atoms with Crippen LogP contribution in [0.25, 0.3) is 0 Å². The van der Waals surface area contributed by atoms with Gasteiger partial charge in [-0.2, -0.15) is 0 Å². The first kappa shape index (κ1) is 25.5. The molecule has 3 rings (SSSR count). The normalized spacial score (nSPS) is 12.2. The summed E-state index contributed by atoms with van der Waals surface area (Å²) in [6, 6.07) is 23.5. The molecule has 0 spiro atoms. The number of benzene rings is 3. The molecule has 2 atom stereocenters. The van der Waals surface area contributed by atoms with Crippen molar-refractivity contribution in [1.82, 2.24) is 10.6 Å². The van der Waals surface area contributed by atoms with Crippen molar-refractivity contribution >= 4 is 29.1 Å². The quantitative estimate of drug-likeness (QED) is 0.342. The summed E-state index contributed by atoms with van der Waals surface area (Å²) >= 11 is 0. The molecule has 7 heteroatoms. The highest BCUT2D eigenvalue weighted by atomic mass is 16.2. The lowest BCUT2D eigenvalue weighted by molar-refractivity contribution is -0.114. The number of rotatable bonds is 10. The molecule has 0 saturated carbocycles. The minimum absolute atomic E-state index is 0.0295. The summed E-state index contributed by atoms with van der Waals surface area (Å²) in [6.45, 7) is 5.92. The Morgan fingerprint density at radius 1 is 0.743 bits per heavy atom. The molecule has 0 heterocycles. The van der Waals surface area contributed by atoms with Crippen molar-refractivity contribution in [2.75, 3.05) is 17.2 Å². The minimum Gasteiger partial charge on any atom is -0.376 e. The van der Waals surface area contributed by atoms with E-state index in [1.165, 1.54) is 0 Å². The number of carbonyl (C=O) groups excluding carboxylic acids is 3. The molecule has 0 radical (unpaired) electrons. The van der Waals surface area contributed by atoms with Gasteiger partial charge in [-0.15, -0.1) is 0 Å². The summed E-state index contributed by atoms with van der Waals surface area (Å²) in [5.41, 5.74) is 3.33. The monoisotopic (exact) mass is 472 g/mol. The van der Waals surface area contributed by atoms with Gasteiger partial charge in [-0.3, -0.25) is 14.4 Å². The second kappa shape index (κ2) is 12.4. The average molecular weight is 473 g/mol. The van der Waals surface area contributed by atoms with Crippen LogP contribution >= 0.6 is 0 Å². The Balaban J connectivity index is 1.51. The van der Waals surface area contributed by atoms with Gasteiger partial charge < -0.3 is 21.3 Å². The van der Waals surface area contributed by atoms with Crippen LogP contribution in [0.3, 0.4) is 0 Å². The molecular formula is C28H32N4O3. The van der Waals surface area contributed by atoms with Gasteiger partial charge in [0.15, 0.2) is 0 Å². The maximum atomic E-state index is 12.7. The van der Waals surface area contributed by atoms with E-state index in [0.717, 1.165) is 12.0 Å². The fraction of sp³-hybridized carbons (Fsp3) is 0.250. The number of anilines is 2. The summed E-state index contributed by atoms with van der Waals surface area (Å²) in [7, 11) is 0. The summed E-state index contributed by atoms with van der Waals surface area (Å²) in [4.78, 5) is 37.2. The number of carbonyl (C=O) groups is 3. The molecule has 0 bridgehead atoms. The molecular weight excluding hydrogens is 440 g/mol. The van der Waals surface area contributed by atoms with E-state index in [9.17, 15) is 14.4 Å². The SMILES string of the molecule is CCC(C)NC(=O)c1ccc(NC(=O)CNc2cccc(C(=O)NC(C)c3ccccc3)c2)cc1. The summed E-state index contributed by atoms with van der Waals surface area (Å²) in [5, 5.41) is 11.7. The van der Waals surface area contributed by atoms with Crippen LogP contribution in [-0.2, 0) is 4.79 Å². The van der Waals surface area contributed by atoms with Crippen molar-refractivity contribution in [3.8, 4) is 0 Å². The molecule has 2 unspecified atom stereocenters. The van der Waals surface area contributed by atoms with Crippen LogP contribution in [0.5, 0.6) is 0 Å². The van der Waals surface area contributed by atoms with E-state index in [4.69, 9.17) is 0 Å². The van der Waals surface area contributed by atoms with Crippen LogP contribution in [0, 0.1) is 0 Å².